The lowest BCUT2D eigenvalue weighted by Gasteiger charge is -2.18. The Morgan fingerprint density at radius 3 is 2.68 bits per heavy atom. The van der Waals surface area contributed by atoms with Crippen molar-refractivity contribution in [1.29, 1.82) is 0 Å². The number of amides is 1. The Morgan fingerprint density at radius 2 is 1.79 bits per heavy atom. The van der Waals surface area contributed by atoms with Gasteiger partial charge in [0, 0.05) is 16.5 Å². The second-order valence-electron chi connectivity index (χ2n) is 7.04. The van der Waals surface area contributed by atoms with E-state index in [2.05, 4.69) is 28.5 Å². The van der Waals surface area contributed by atoms with Gasteiger partial charge in [-0.25, -0.2) is 4.98 Å². The summed E-state index contributed by atoms with van der Waals surface area (Å²) >= 11 is 1.43. The molecular weight excluding hydrogens is 372 g/mol. The molecule has 0 radical (unpaired) electrons. The van der Waals surface area contributed by atoms with Gasteiger partial charge in [-0.15, -0.1) is 11.3 Å². The van der Waals surface area contributed by atoms with E-state index in [1.807, 2.05) is 5.38 Å². The summed E-state index contributed by atoms with van der Waals surface area (Å²) < 4.78 is 11.1. The van der Waals surface area contributed by atoms with E-state index in [9.17, 15) is 4.79 Å². The maximum absolute atomic E-state index is 12.6. The highest BCUT2D eigenvalue weighted by Crippen LogP contribution is 2.32. The molecule has 5 nitrogen and oxygen atoms in total. The maximum Gasteiger partial charge on any atom is 0.257 e. The van der Waals surface area contributed by atoms with Gasteiger partial charge in [-0.05, 0) is 61.1 Å². The molecule has 142 valence electrons. The highest BCUT2D eigenvalue weighted by atomic mass is 32.1. The van der Waals surface area contributed by atoms with Crippen molar-refractivity contribution in [3.05, 3.63) is 58.5 Å². The first-order valence-corrected chi connectivity index (χ1v) is 10.4. The quantitative estimate of drug-likeness (QED) is 0.701. The molecule has 2 heterocycles. The molecule has 0 bridgehead atoms. The molecule has 0 saturated carbocycles. The van der Waals surface area contributed by atoms with E-state index in [1.54, 1.807) is 18.2 Å². The second-order valence-corrected chi connectivity index (χ2v) is 7.90. The molecule has 6 heteroatoms. The number of rotatable bonds is 3. The van der Waals surface area contributed by atoms with E-state index < -0.39 is 0 Å². The molecule has 0 saturated heterocycles. The Bertz CT molecular complexity index is 1040. The minimum atomic E-state index is -0.205. The van der Waals surface area contributed by atoms with Crippen LogP contribution in [0.2, 0.25) is 0 Å². The summed E-state index contributed by atoms with van der Waals surface area (Å²) in [7, 11) is 0. The molecule has 1 aliphatic carbocycles. The van der Waals surface area contributed by atoms with E-state index >= 15 is 0 Å². The predicted molar refractivity (Wildman–Crippen MR) is 110 cm³/mol. The zero-order chi connectivity index (χ0) is 18.9. The van der Waals surface area contributed by atoms with Gasteiger partial charge in [0.25, 0.3) is 5.91 Å². The molecule has 28 heavy (non-hydrogen) atoms. The summed E-state index contributed by atoms with van der Waals surface area (Å²) in [5.41, 5.74) is 5.42. The molecular formula is C22H20N2O3S. The third kappa shape index (κ3) is 3.36. The van der Waals surface area contributed by atoms with E-state index in [4.69, 9.17) is 9.47 Å². The highest BCUT2D eigenvalue weighted by molar-refractivity contribution is 7.14. The Hall–Kier alpha value is -2.86. The Labute approximate surface area is 167 Å². The van der Waals surface area contributed by atoms with Crippen LogP contribution in [0.15, 0.2) is 41.8 Å². The molecule has 1 aromatic heterocycles. The van der Waals surface area contributed by atoms with Gasteiger partial charge in [0.1, 0.15) is 13.2 Å². The SMILES string of the molecule is O=C(Nc1nc(-c2ccc3c(c2)CCCC3)cs1)c1ccc2c(c1)OCCO2. The number of ether oxygens (including phenoxy) is 2. The number of aryl methyl sites for hydroxylation is 2. The van der Waals surface area contributed by atoms with E-state index in [1.165, 1.54) is 41.7 Å². The van der Waals surface area contributed by atoms with Gasteiger partial charge in [-0.2, -0.15) is 0 Å². The lowest BCUT2D eigenvalue weighted by Crippen LogP contribution is -2.17. The maximum atomic E-state index is 12.6. The van der Waals surface area contributed by atoms with Crippen LogP contribution in [0.4, 0.5) is 5.13 Å². The number of hydrogen-bond donors (Lipinski definition) is 1. The average molecular weight is 392 g/mol. The van der Waals surface area contributed by atoms with Gasteiger partial charge in [0.05, 0.1) is 5.69 Å². The molecule has 2 aliphatic rings. The zero-order valence-electron chi connectivity index (χ0n) is 15.4. The molecule has 0 unspecified atom stereocenters. The van der Waals surface area contributed by atoms with Gasteiger partial charge in [-0.3, -0.25) is 10.1 Å². The van der Waals surface area contributed by atoms with Crippen LogP contribution in [0.1, 0.15) is 34.3 Å². The number of aromatic nitrogens is 1. The second kappa shape index (κ2) is 7.28. The molecule has 1 aliphatic heterocycles. The first kappa shape index (κ1) is 17.3. The van der Waals surface area contributed by atoms with Gasteiger partial charge >= 0.3 is 0 Å². The molecule has 1 N–H and O–H groups in total. The Balaban J connectivity index is 1.33. The van der Waals surface area contributed by atoms with Gasteiger partial charge in [0.2, 0.25) is 0 Å². The predicted octanol–water partition coefficient (Wildman–Crippen LogP) is 4.71. The first-order valence-electron chi connectivity index (χ1n) is 9.55. The number of carbonyl (C=O) groups is 1. The topological polar surface area (TPSA) is 60.5 Å². The Kier molecular flexibility index (Phi) is 4.49. The number of fused-ring (bicyclic) bond motifs is 2. The van der Waals surface area contributed by atoms with Crippen molar-refractivity contribution in [3.8, 4) is 22.8 Å². The normalized spacial score (nSPS) is 15.0. The summed E-state index contributed by atoms with van der Waals surface area (Å²) in [5.74, 6) is 1.07. The summed E-state index contributed by atoms with van der Waals surface area (Å²) in [6, 6.07) is 11.8. The van der Waals surface area contributed by atoms with Crippen molar-refractivity contribution in [2.24, 2.45) is 0 Å². The average Bonchev–Trinajstić information content (AvgIpc) is 3.21. The molecule has 1 amide bonds. The number of carbonyl (C=O) groups excluding carboxylic acids is 1. The number of nitrogens with one attached hydrogen (secondary N) is 1. The van der Waals surface area contributed by atoms with Crippen molar-refractivity contribution in [3.63, 3.8) is 0 Å². The molecule has 0 fully saturated rings. The molecule has 0 atom stereocenters. The third-order valence-electron chi connectivity index (χ3n) is 5.17. The van der Waals surface area contributed by atoms with Crippen molar-refractivity contribution in [2.45, 2.75) is 25.7 Å². The standard InChI is InChI=1S/C22H20N2O3S/c25-21(17-7-8-19-20(12-17)27-10-9-26-19)24-22-23-18(13-28-22)16-6-5-14-3-1-2-4-15(14)11-16/h5-8,11-13H,1-4,9-10H2,(H,23,24,25). The van der Waals surface area contributed by atoms with Crippen LogP contribution in [-0.4, -0.2) is 24.1 Å². The van der Waals surface area contributed by atoms with Crippen molar-refractivity contribution < 1.29 is 14.3 Å². The highest BCUT2D eigenvalue weighted by Gasteiger charge is 2.17. The first-order chi connectivity index (χ1) is 13.8. The number of benzene rings is 2. The smallest absolute Gasteiger partial charge is 0.257 e. The monoisotopic (exact) mass is 392 g/mol. The van der Waals surface area contributed by atoms with Crippen LogP contribution in [-0.2, 0) is 12.8 Å². The fourth-order valence-corrected chi connectivity index (χ4v) is 4.43. The number of thiazole rings is 1. The minimum Gasteiger partial charge on any atom is -0.486 e. The number of hydrogen-bond acceptors (Lipinski definition) is 5. The van der Waals surface area contributed by atoms with E-state index in [0.717, 1.165) is 17.7 Å². The van der Waals surface area contributed by atoms with Crippen molar-refractivity contribution in [1.82, 2.24) is 4.98 Å². The lowest BCUT2D eigenvalue weighted by molar-refractivity contribution is 0.102. The minimum absolute atomic E-state index is 0.205. The Morgan fingerprint density at radius 1 is 0.964 bits per heavy atom. The van der Waals surface area contributed by atoms with Crippen LogP contribution in [0.3, 0.4) is 0 Å². The van der Waals surface area contributed by atoms with Gasteiger partial charge in [-0.1, -0.05) is 12.1 Å². The molecule has 2 aromatic carbocycles. The van der Waals surface area contributed by atoms with Crippen molar-refractivity contribution in [2.75, 3.05) is 18.5 Å². The van der Waals surface area contributed by atoms with Crippen LogP contribution < -0.4 is 14.8 Å². The fraction of sp³-hybridized carbons (Fsp3) is 0.273. The van der Waals surface area contributed by atoms with Crippen LogP contribution in [0.25, 0.3) is 11.3 Å². The largest absolute Gasteiger partial charge is 0.486 e. The van der Waals surface area contributed by atoms with Crippen molar-refractivity contribution >= 4 is 22.4 Å². The molecule has 0 spiro atoms. The van der Waals surface area contributed by atoms with Crippen LogP contribution in [0.5, 0.6) is 11.5 Å². The van der Waals surface area contributed by atoms with E-state index in [0.29, 0.717) is 35.4 Å². The molecule has 3 aromatic rings. The summed E-state index contributed by atoms with van der Waals surface area (Å²) in [6.07, 6.45) is 4.84. The van der Waals surface area contributed by atoms with Gasteiger partial charge < -0.3 is 9.47 Å². The fourth-order valence-electron chi connectivity index (χ4n) is 3.71. The lowest BCUT2D eigenvalue weighted by atomic mass is 9.90. The van der Waals surface area contributed by atoms with Crippen LogP contribution in [0, 0.1) is 0 Å². The summed E-state index contributed by atoms with van der Waals surface area (Å²) in [4.78, 5) is 17.2. The third-order valence-corrected chi connectivity index (χ3v) is 5.93. The number of anilines is 1. The summed E-state index contributed by atoms with van der Waals surface area (Å²) in [5, 5.41) is 5.47. The van der Waals surface area contributed by atoms with Crippen LogP contribution >= 0.6 is 11.3 Å². The molecule has 5 rings (SSSR count). The van der Waals surface area contributed by atoms with E-state index in [-0.39, 0.29) is 5.91 Å². The number of nitrogens with zero attached hydrogens (tertiary/aromatic N) is 1. The summed E-state index contributed by atoms with van der Waals surface area (Å²) in [6.45, 7) is 1.03. The zero-order valence-corrected chi connectivity index (χ0v) is 16.2. The van der Waals surface area contributed by atoms with Gasteiger partial charge in [0.15, 0.2) is 16.6 Å².